The third-order valence-electron chi connectivity index (χ3n) is 6.79. The van der Waals surface area contributed by atoms with E-state index in [0.29, 0.717) is 11.1 Å². The molecule has 4 aromatic rings. The molecule has 4 rings (SSSR count). The molecule has 0 aliphatic heterocycles. The zero-order chi connectivity index (χ0) is 31.3. The lowest BCUT2D eigenvalue weighted by atomic mass is 9.84. The Hall–Kier alpha value is -5.20. The fraction of sp³-hybridized carbons (Fsp3) is 0.300. The molecule has 0 spiro atoms. The van der Waals surface area contributed by atoms with Crippen LogP contribution in [0.25, 0.3) is 11.4 Å². The standard InChI is InChI=1S/C30H31FN6O6/c1-17(2)23(24(39)26-35-36-28(43-26)30(3,4)19-12-9-13-20(31)14-19)34-22(38)16-37-25(18-10-7-6-8-11-18)32-15-21(27(37)40)33-29(41)42-5/h6-15,17,23H,16H2,1-5H3,(H,33,41)(H,34,38)/t23-/m0/s1. The first-order chi connectivity index (χ1) is 20.4. The molecule has 0 aliphatic rings. The summed E-state index contributed by atoms with van der Waals surface area (Å²) in [5.74, 6) is -2.21. The maximum atomic E-state index is 13.8. The van der Waals surface area contributed by atoms with Gasteiger partial charge in [-0.1, -0.05) is 56.3 Å². The summed E-state index contributed by atoms with van der Waals surface area (Å²) in [6.45, 7) is 6.43. The lowest BCUT2D eigenvalue weighted by Crippen LogP contribution is -2.46. The minimum absolute atomic E-state index is 0.0929. The second-order valence-corrected chi connectivity index (χ2v) is 10.6. The van der Waals surface area contributed by atoms with Crippen molar-refractivity contribution >= 4 is 23.5 Å². The number of nitrogens with one attached hydrogen (secondary N) is 2. The number of ether oxygens (including phenoxy) is 1. The molecular weight excluding hydrogens is 559 g/mol. The summed E-state index contributed by atoms with van der Waals surface area (Å²) >= 11 is 0. The largest absolute Gasteiger partial charge is 0.453 e. The molecule has 0 bridgehead atoms. The van der Waals surface area contributed by atoms with E-state index in [1.54, 1.807) is 70.2 Å². The second-order valence-electron chi connectivity index (χ2n) is 10.6. The van der Waals surface area contributed by atoms with Gasteiger partial charge in [-0.2, -0.15) is 0 Å². The van der Waals surface area contributed by atoms with Crippen LogP contribution in [0.2, 0.25) is 0 Å². The predicted molar refractivity (Wildman–Crippen MR) is 154 cm³/mol. The van der Waals surface area contributed by atoms with Crippen LogP contribution in [0.5, 0.6) is 0 Å². The monoisotopic (exact) mass is 590 g/mol. The van der Waals surface area contributed by atoms with Crippen molar-refractivity contribution in [3.63, 3.8) is 0 Å². The Labute approximate surface area is 246 Å². The van der Waals surface area contributed by atoms with E-state index in [0.717, 1.165) is 11.7 Å². The highest BCUT2D eigenvalue weighted by molar-refractivity contribution is 5.98. The summed E-state index contributed by atoms with van der Waals surface area (Å²) in [6.07, 6.45) is 0.293. The summed E-state index contributed by atoms with van der Waals surface area (Å²) in [5, 5.41) is 12.9. The van der Waals surface area contributed by atoms with E-state index in [9.17, 15) is 23.6 Å². The van der Waals surface area contributed by atoms with E-state index in [4.69, 9.17) is 4.42 Å². The highest BCUT2D eigenvalue weighted by Crippen LogP contribution is 2.31. The highest BCUT2D eigenvalue weighted by atomic mass is 19.1. The number of aromatic nitrogens is 4. The molecule has 2 aromatic heterocycles. The summed E-state index contributed by atoms with van der Waals surface area (Å²) in [5.41, 5.74) is -0.693. The number of rotatable bonds is 10. The summed E-state index contributed by atoms with van der Waals surface area (Å²) < 4.78 is 25.2. The van der Waals surface area contributed by atoms with Gasteiger partial charge >= 0.3 is 6.09 Å². The van der Waals surface area contributed by atoms with Gasteiger partial charge in [0.05, 0.1) is 24.8 Å². The molecule has 224 valence electrons. The number of benzene rings is 2. The summed E-state index contributed by atoms with van der Waals surface area (Å²) in [6, 6.07) is 13.5. The van der Waals surface area contributed by atoms with Gasteiger partial charge in [-0.3, -0.25) is 24.3 Å². The predicted octanol–water partition coefficient (Wildman–Crippen LogP) is 3.96. The zero-order valence-corrected chi connectivity index (χ0v) is 24.3. The molecule has 1 atom stereocenters. The Kier molecular flexibility index (Phi) is 9.12. The van der Waals surface area contributed by atoms with E-state index >= 15 is 0 Å². The molecule has 0 saturated carbocycles. The van der Waals surface area contributed by atoms with Crippen LogP contribution < -0.4 is 16.2 Å². The minimum atomic E-state index is -1.08. The summed E-state index contributed by atoms with van der Waals surface area (Å²) in [4.78, 5) is 56.1. The number of carbonyl (C=O) groups excluding carboxylic acids is 3. The van der Waals surface area contributed by atoms with E-state index in [1.807, 2.05) is 0 Å². The Balaban J connectivity index is 1.60. The molecule has 13 heteroatoms. The number of hydrogen-bond acceptors (Lipinski definition) is 9. The van der Waals surface area contributed by atoms with Crippen LogP contribution in [-0.2, 0) is 21.5 Å². The van der Waals surface area contributed by atoms with Crippen molar-refractivity contribution in [2.45, 2.75) is 45.7 Å². The van der Waals surface area contributed by atoms with Crippen LogP contribution in [0.15, 0.2) is 70.0 Å². The number of methoxy groups -OCH3 is 1. The molecule has 0 radical (unpaired) electrons. The Morgan fingerprint density at radius 2 is 1.79 bits per heavy atom. The number of nitrogens with zero attached hydrogens (tertiary/aromatic N) is 4. The van der Waals surface area contributed by atoms with Crippen molar-refractivity contribution in [1.82, 2.24) is 25.1 Å². The number of hydrogen-bond donors (Lipinski definition) is 2. The van der Waals surface area contributed by atoms with Gasteiger partial charge in [-0.15, -0.1) is 10.2 Å². The van der Waals surface area contributed by atoms with Gasteiger partial charge in [0, 0.05) is 5.56 Å². The second kappa shape index (κ2) is 12.8. The molecule has 0 fully saturated rings. The number of ketones is 1. The first-order valence-electron chi connectivity index (χ1n) is 13.4. The first kappa shape index (κ1) is 30.8. The van der Waals surface area contributed by atoms with Gasteiger partial charge in [0.2, 0.25) is 17.6 Å². The number of carbonyl (C=O) groups is 3. The molecule has 0 aliphatic carbocycles. The van der Waals surface area contributed by atoms with Crippen LogP contribution in [0.1, 0.15) is 49.8 Å². The van der Waals surface area contributed by atoms with Crippen molar-refractivity contribution < 1.29 is 27.9 Å². The SMILES string of the molecule is COC(=O)Nc1cnc(-c2ccccc2)n(CC(=O)N[C@H](C(=O)c2nnc(C(C)(C)c3cccc(F)c3)o2)C(C)C)c1=O. The quantitative estimate of drug-likeness (QED) is 0.261. The Morgan fingerprint density at radius 3 is 2.44 bits per heavy atom. The van der Waals surface area contributed by atoms with Crippen molar-refractivity contribution in [2.24, 2.45) is 5.92 Å². The average Bonchev–Trinajstić information content (AvgIpc) is 3.49. The molecule has 0 unspecified atom stereocenters. The number of amides is 2. The van der Waals surface area contributed by atoms with Crippen molar-refractivity contribution in [1.29, 1.82) is 0 Å². The van der Waals surface area contributed by atoms with Gasteiger partial charge in [-0.05, 0) is 37.5 Å². The van der Waals surface area contributed by atoms with Crippen molar-refractivity contribution in [3.8, 4) is 11.4 Å². The molecule has 2 heterocycles. The van der Waals surface area contributed by atoms with E-state index in [1.165, 1.54) is 18.3 Å². The summed E-state index contributed by atoms with van der Waals surface area (Å²) in [7, 11) is 1.14. The van der Waals surface area contributed by atoms with Gasteiger partial charge in [0.25, 0.3) is 11.4 Å². The fourth-order valence-corrected chi connectivity index (χ4v) is 4.31. The van der Waals surface area contributed by atoms with E-state index in [2.05, 4.69) is 30.6 Å². The Morgan fingerprint density at radius 1 is 1.07 bits per heavy atom. The third kappa shape index (κ3) is 6.83. The fourth-order valence-electron chi connectivity index (χ4n) is 4.31. The van der Waals surface area contributed by atoms with Gasteiger partial charge in [0.15, 0.2) is 0 Å². The first-order valence-corrected chi connectivity index (χ1v) is 13.4. The highest BCUT2D eigenvalue weighted by Gasteiger charge is 2.34. The van der Waals surface area contributed by atoms with Crippen molar-refractivity contribution in [3.05, 3.63) is 94.3 Å². The van der Waals surface area contributed by atoms with E-state index < -0.39 is 53.1 Å². The molecule has 2 aromatic carbocycles. The van der Waals surface area contributed by atoms with E-state index in [-0.39, 0.29) is 23.3 Å². The minimum Gasteiger partial charge on any atom is -0.453 e. The van der Waals surface area contributed by atoms with Gasteiger partial charge < -0.3 is 14.5 Å². The number of halogens is 1. The lowest BCUT2D eigenvalue weighted by molar-refractivity contribution is -0.122. The molecule has 43 heavy (non-hydrogen) atoms. The third-order valence-corrected chi connectivity index (χ3v) is 6.79. The molecule has 2 amide bonds. The van der Waals surface area contributed by atoms with Crippen LogP contribution in [-0.4, -0.2) is 50.7 Å². The number of anilines is 1. The van der Waals surface area contributed by atoms with Crippen LogP contribution in [0, 0.1) is 11.7 Å². The molecule has 2 N–H and O–H groups in total. The normalized spacial score (nSPS) is 12.1. The van der Waals surface area contributed by atoms with Crippen LogP contribution in [0.4, 0.5) is 14.9 Å². The average molecular weight is 591 g/mol. The zero-order valence-electron chi connectivity index (χ0n) is 24.3. The maximum absolute atomic E-state index is 13.8. The molecular formula is C30H31FN6O6. The Bertz CT molecular complexity index is 1700. The van der Waals surface area contributed by atoms with Gasteiger partial charge in [0.1, 0.15) is 23.9 Å². The lowest BCUT2D eigenvalue weighted by Gasteiger charge is -2.21. The maximum Gasteiger partial charge on any atom is 0.411 e. The van der Waals surface area contributed by atoms with Crippen LogP contribution >= 0.6 is 0 Å². The van der Waals surface area contributed by atoms with Crippen LogP contribution in [0.3, 0.4) is 0 Å². The number of Topliss-reactive ketones (excluding diaryl/α,β-unsaturated/α-hetero) is 1. The molecule has 0 saturated heterocycles. The van der Waals surface area contributed by atoms with Crippen molar-refractivity contribution in [2.75, 3.05) is 12.4 Å². The smallest absolute Gasteiger partial charge is 0.411 e. The molecule has 12 nitrogen and oxygen atoms in total. The topological polar surface area (TPSA) is 158 Å². The van der Waals surface area contributed by atoms with Gasteiger partial charge in [-0.25, -0.2) is 14.2 Å².